The molecule has 0 aliphatic carbocycles. The van der Waals surface area contributed by atoms with Crippen LogP contribution < -0.4 is 5.73 Å². The number of aliphatic hydroxyl groups is 1. The van der Waals surface area contributed by atoms with Crippen LogP contribution in [-0.2, 0) is 0 Å². The first kappa shape index (κ1) is 14.4. The van der Waals surface area contributed by atoms with Gasteiger partial charge in [0.2, 0.25) is 0 Å². The minimum atomic E-state index is -0.615. The van der Waals surface area contributed by atoms with Crippen LogP contribution in [-0.4, -0.2) is 17.8 Å². The van der Waals surface area contributed by atoms with Crippen molar-refractivity contribution in [2.75, 3.05) is 6.54 Å². The minimum Gasteiger partial charge on any atom is -0.387 e. The molecule has 74 valence electrons. The van der Waals surface area contributed by atoms with Crippen molar-refractivity contribution in [3.05, 3.63) is 49.6 Å². The third-order valence-corrected chi connectivity index (χ3v) is 1.15. The number of nitrogens with two attached hydrogens (primary N) is 1. The van der Waals surface area contributed by atoms with Crippen LogP contribution in [0.4, 0.5) is 0 Å². The Hall–Kier alpha value is -1.12. The van der Waals surface area contributed by atoms with Crippen LogP contribution in [0.25, 0.3) is 0 Å². The minimum absolute atomic E-state index is 0.214. The summed E-state index contributed by atoms with van der Waals surface area (Å²) in [7, 11) is 0. The summed E-state index contributed by atoms with van der Waals surface area (Å²) >= 11 is 0. The third-order valence-electron chi connectivity index (χ3n) is 1.15. The van der Waals surface area contributed by atoms with E-state index in [0.717, 1.165) is 0 Å². The monoisotopic (exact) mass is 181 g/mol. The summed E-state index contributed by atoms with van der Waals surface area (Å²) in [6, 6.07) is 0. The van der Waals surface area contributed by atoms with Crippen molar-refractivity contribution >= 4 is 0 Å². The highest BCUT2D eigenvalue weighted by atomic mass is 16.3. The summed E-state index contributed by atoms with van der Waals surface area (Å²) in [5.41, 5.74) is 5.91. The van der Waals surface area contributed by atoms with E-state index < -0.39 is 6.10 Å². The molecule has 3 N–H and O–H groups in total. The van der Waals surface area contributed by atoms with Crippen LogP contribution in [0.2, 0.25) is 0 Å². The van der Waals surface area contributed by atoms with Crippen molar-refractivity contribution in [2.45, 2.75) is 13.0 Å². The van der Waals surface area contributed by atoms with E-state index in [-0.39, 0.29) is 6.54 Å². The van der Waals surface area contributed by atoms with Gasteiger partial charge >= 0.3 is 0 Å². The molecule has 0 aromatic rings. The molecule has 0 saturated heterocycles. The van der Waals surface area contributed by atoms with Crippen molar-refractivity contribution in [1.29, 1.82) is 0 Å². The van der Waals surface area contributed by atoms with Gasteiger partial charge in [-0.1, -0.05) is 37.5 Å². The lowest BCUT2D eigenvalue weighted by molar-refractivity contribution is 0.223. The van der Waals surface area contributed by atoms with Crippen LogP contribution in [0, 0.1) is 0 Å². The molecule has 0 amide bonds. The average Bonchev–Trinajstić information content (AvgIpc) is 2.14. The maximum absolute atomic E-state index is 9.14. The first-order valence-electron chi connectivity index (χ1n) is 4.08. The van der Waals surface area contributed by atoms with Crippen molar-refractivity contribution in [3.8, 4) is 0 Å². The molecule has 0 aliphatic rings. The summed E-state index contributed by atoms with van der Waals surface area (Å²) in [4.78, 5) is 0. The van der Waals surface area contributed by atoms with Gasteiger partial charge in [0.15, 0.2) is 0 Å². The lowest BCUT2D eigenvalue weighted by Gasteiger charge is -2.06. The summed E-state index contributed by atoms with van der Waals surface area (Å²) < 4.78 is 0. The molecule has 0 fully saturated rings. The van der Waals surface area contributed by atoms with Gasteiger partial charge in [-0.3, -0.25) is 0 Å². The number of hydrogen-bond donors (Lipinski definition) is 2. The second-order valence-electron chi connectivity index (χ2n) is 2.27. The zero-order valence-corrected chi connectivity index (χ0v) is 8.24. The number of aliphatic hydroxyl groups excluding tert-OH is 1. The molecule has 0 aliphatic heterocycles. The van der Waals surface area contributed by atoms with Gasteiger partial charge in [0.05, 0.1) is 6.10 Å². The van der Waals surface area contributed by atoms with E-state index in [1.54, 1.807) is 24.3 Å². The topological polar surface area (TPSA) is 46.2 Å². The normalized spacial score (nSPS) is 12.1. The Kier molecular flexibility index (Phi) is 12.1. The molecule has 1 unspecified atom stereocenters. The molecule has 0 saturated carbocycles. The zero-order chi connectivity index (χ0) is 10.7. The fourth-order valence-electron chi connectivity index (χ4n) is 0.587. The molecule has 0 aromatic carbocycles. The maximum atomic E-state index is 9.14. The lowest BCUT2D eigenvalue weighted by atomic mass is 10.1. The molecule has 0 heterocycles. The van der Waals surface area contributed by atoms with Gasteiger partial charge in [-0.2, -0.15) is 0 Å². The number of allylic oxidation sites excluding steroid dienone is 3. The molecule has 2 heteroatoms. The standard InChI is InChI=1S/C8H13NO.C3H6/c1-3-5-7(4-2)8(10)6-9;1-3-2/h3-5,8,10H,1-2,6,9H2;3H,1H2,2H3/b7-5+;. The highest BCUT2D eigenvalue weighted by molar-refractivity contribution is 5.25. The largest absolute Gasteiger partial charge is 0.387 e. The Morgan fingerprint density at radius 3 is 2.15 bits per heavy atom. The Bertz CT molecular complexity index is 183. The van der Waals surface area contributed by atoms with Crippen molar-refractivity contribution < 1.29 is 5.11 Å². The van der Waals surface area contributed by atoms with Crippen molar-refractivity contribution in [2.24, 2.45) is 5.73 Å². The van der Waals surface area contributed by atoms with E-state index in [0.29, 0.717) is 5.57 Å². The predicted octanol–water partition coefficient (Wildman–Crippen LogP) is 1.80. The maximum Gasteiger partial charge on any atom is 0.0912 e. The van der Waals surface area contributed by atoms with Crippen molar-refractivity contribution in [3.63, 3.8) is 0 Å². The van der Waals surface area contributed by atoms with Crippen molar-refractivity contribution in [1.82, 2.24) is 0 Å². The Labute approximate surface area is 80.8 Å². The van der Waals surface area contributed by atoms with Gasteiger partial charge < -0.3 is 10.8 Å². The van der Waals surface area contributed by atoms with E-state index in [1.807, 2.05) is 6.92 Å². The summed E-state index contributed by atoms with van der Waals surface area (Å²) in [5.74, 6) is 0. The van der Waals surface area contributed by atoms with E-state index in [9.17, 15) is 0 Å². The fraction of sp³-hybridized carbons (Fsp3) is 0.273. The lowest BCUT2D eigenvalue weighted by Crippen LogP contribution is -2.20. The molecule has 0 radical (unpaired) electrons. The van der Waals surface area contributed by atoms with Gasteiger partial charge in [-0.05, 0) is 12.5 Å². The van der Waals surface area contributed by atoms with Crippen LogP contribution >= 0.6 is 0 Å². The molecular formula is C11H19NO. The summed E-state index contributed by atoms with van der Waals surface area (Å²) in [5, 5.41) is 9.14. The quantitative estimate of drug-likeness (QED) is 0.513. The average molecular weight is 181 g/mol. The van der Waals surface area contributed by atoms with Crippen LogP contribution in [0.3, 0.4) is 0 Å². The summed E-state index contributed by atoms with van der Waals surface area (Å²) in [6.07, 6.45) is 5.98. The molecule has 0 spiro atoms. The number of rotatable bonds is 4. The van der Waals surface area contributed by atoms with Gasteiger partial charge in [-0.25, -0.2) is 0 Å². The predicted molar refractivity (Wildman–Crippen MR) is 59.4 cm³/mol. The Morgan fingerprint density at radius 2 is 1.92 bits per heavy atom. The second-order valence-corrected chi connectivity index (χ2v) is 2.27. The smallest absolute Gasteiger partial charge is 0.0912 e. The molecular weight excluding hydrogens is 162 g/mol. The highest BCUT2D eigenvalue weighted by Gasteiger charge is 2.02. The van der Waals surface area contributed by atoms with Crippen LogP contribution in [0.15, 0.2) is 49.6 Å². The molecule has 1 atom stereocenters. The van der Waals surface area contributed by atoms with Crippen LogP contribution in [0.5, 0.6) is 0 Å². The molecule has 0 rings (SSSR count). The van der Waals surface area contributed by atoms with Gasteiger partial charge in [0, 0.05) is 6.54 Å². The molecule has 13 heavy (non-hydrogen) atoms. The molecule has 2 nitrogen and oxygen atoms in total. The first-order valence-corrected chi connectivity index (χ1v) is 4.08. The first-order chi connectivity index (χ1) is 6.17. The fourth-order valence-corrected chi connectivity index (χ4v) is 0.587. The Balaban J connectivity index is 0. The highest BCUT2D eigenvalue weighted by Crippen LogP contribution is 2.01. The number of hydrogen-bond acceptors (Lipinski definition) is 2. The third kappa shape index (κ3) is 8.79. The van der Waals surface area contributed by atoms with Gasteiger partial charge in [-0.15, -0.1) is 6.58 Å². The Morgan fingerprint density at radius 1 is 1.46 bits per heavy atom. The van der Waals surface area contributed by atoms with E-state index in [2.05, 4.69) is 19.7 Å². The second kappa shape index (κ2) is 10.9. The van der Waals surface area contributed by atoms with E-state index >= 15 is 0 Å². The van der Waals surface area contributed by atoms with E-state index in [1.165, 1.54) is 0 Å². The van der Waals surface area contributed by atoms with Gasteiger partial charge in [0.1, 0.15) is 0 Å². The summed E-state index contributed by atoms with van der Waals surface area (Å²) in [6.45, 7) is 12.5. The van der Waals surface area contributed by atoms with E-state index in [4.69, 9.17) is 10.8 Å². The molecule has 0 bridgehead atoms. The zero-order valence-electron chi connectivity index (χ0n) is 8.24. The molecule has 0 aromatic heterocycles. The SMILES string of the molecule is C=C/C=C(\C=C)C(O)CN.C=CC. The van der Waals surface area contributed by atoms with Gasteiger partial charge in [0.25, 0.3) is 0 Å². The van der Waals surface area contributed by atoms with Crippen LogP contribution in [0.1, 0.15) is 6.92 Å².